The predicted octanol–water partition coefficient (Wildman–Crippen LogP) is 4.25. The summed E-state index contributed by atoms with van der Waals surface area (Å²) in [4.78, 5) is 3.67. The van der Waals surface area contributed by atoms with Gasteiger partial charge in [0.25, 0.3) is 18.7 Å². The van der Waals surface area contributed by atoms with E-state index in [1.807, 2.05) is 12.1 Å². The summed E-state index contributed by atoms with van der Waals surface area (Å²) in [5, 5.41) is 11.7. The van der Waals surface area contributed by atoms with Gasteiger partial charge in [0.05, 0.1) is 13.5 Å². The van der Waals surface area contributed by atoms with E-state index in [2.05, 4.69) is 20.3 Å². The molecule has 7 nitrogen and oxygen atoms in total. The summed E-state index contributed by atoms with van der Waals surface area (Å²) in [5.41, 5.74) is -0.680. The van der Waals surface area contributed by atoms with Crippen LogP contribution in [0.25, 0.3) is 17.2 Å². The standard InChI is InChI=1S/C18H13F4N5O2/c1-28-10-4-2-9(3-5-10)6-15-24-25-18(29-15)12-8-14-23-11(16(19)20)7-13(17(21)22)27(14)26-12/h2-5,7-8,16-17H,6H2,1H3. The van der Waals surface area contributed by atoms with Crippen LogP contribution in [0, 0.1) is 0 Å². The summed E-state index contributed by atoms with van der Waals surface area (Å²) < 4.78 is 63.8. The summed E-state index contributed by atoms with van der Waals surface area (Å²) in [5.74, 6) is 0.950. The number of fused-ring (bicyclic) bond motifs is 1. The van der Waals surface area contributed by atoms with Gasteiger partial charge in [0, 0.05) is 6.07 Å². The van der Waals surface area contributed by atoms with Crippen LogP contribution in [0.1, 0.15) is 35.7 Å². The minimum Gasteiger partial charge on any atom is -0.497 e. The van der Waals surface area contributed by atoms with Gasteiger partial charge >= 0.3 is 0 Å². The topological polar surface area (TPSA) is 78.3 Å². The van der Waals surface area contributed by atoms with Gasteiger partial charge in [-0.1, -0.05) is 12.1 Å². The van der Waals surface area contributed by atoms with E-state index in [-0.39, 0.29) is 23.1 Å². The molecule has 0 unspecified atom stereocenters. The van der Waals surface area contributed by atoms with Crippen molar-refractivity contribution in [2.75, 3.05) is 7.11 Å². The number of nitrogens with zero attached hydrogens (tertiary/aromatic N) is 5. The predicted molar refractivity (Wildman–Crippen MR) is 92.0 cm³/mol. The Kier molecular flexibility index (Phi) is 4.87. The molecular formula is C18H13F4N5O2. The molecule has 4 rings (SSSR count). The Hall–Kier alpha value is -3.50. The van der Waals surface area contributed by atoms with Crippen molar-refractivity contribution in [3.05, 3.63) is 59.2 Å². The van der Waals surface area contributed by atoms with Gasteiger partial charge in [-0.05, 0) is 23.8 Å². The van der Waals surface area contributed by atoms with Crippen molar-refractivity contribution >= 4 is 5.65 Å². The number of ether oxygens (including phenoxy) is 1. The highest BCUT2D eigenvalue weighted by Gasteiger charge is 2.22. The number of methoxy groups -OCH3 is 1. The van der Waals surface area contributed by atoms with Crippen molar-refractivity contribution < 1.29 is 26.7 Å². The Labute approximate surface area is 161 Å². The molecule has 0 atom stereocenters. The third kappa shape index (κ3) is 3.75. The maximum atomic E-state index is 13.3. The minimum absolute atomic E-state index is 0.0298. The zero-order chi connectivity index (χ0) is 20.5. The van der Waals surface area contributed by atoms with Crippen molar-refractivity contribution in [1.29, 1.82) is 0 Å². The van der Waals surface area contributed by atoms with Crippen LogP contribution in [0.4, 0.5) is 17.6 Å². The van der Waals surface area contributed by atoms with Crippen molar-refractivity contribution in [2.45, 2.75) is 19.3 Å². The Bertz CT molecular complexity index is 1140. The van der Waals surface area contributed by atoms with E-state index in [4.69, 9.17) is 9.15 Å². The summed E-state index contributed by atoms with van der Waals surface area (Å²) >= 11 is 0. The van der Waals surface area contributed by atoms with E-state index in [9.17, 15) is 17.6 Å². The highest BCUT2D eigenvalue weighted by Crippen LogP contribution is 2.27. The molecule has 0 saturated carbocycles. The van der Waals surface area contributed by atoms with Crippen LogP contribution in [0.15, 0.2) is 40.8 Å². The third-order valence-corrected chi connectivity index (χ3v) is 4.12. The molecule has 0 radical (unpaired) electrons. The number of alkyl halides is 4. The first kappa shape index (κ1) is 18.8. The van der Waals surface area contributed by atoms with Crippen LogP contribution < -0.4 is 4.74 Å². The number of hydrogen-bond acceptors (Lipinski definition) is 6. The molecule has 0 aliphatic carbocycles. The molecule has 0 N–H and O–H groups in total. The first-order valence-corrected chi connectivity index (χ1v) is 8.37. The maximum Gasteiger partial charge on any atom is 0.280 e. The van der Waals surface area contributed by atoms with Gasteiger partial charge in [0.1, 0.15) is 17.1 Å². The largest absolute Gasteiger partial charge is 0.497 e. The van der Waals surface area contributed by atoms with E-state index in [0.717, 1.165) is 10.1 Å². The summed E-state index contributed by atoms with van der Waals surface area (Å²) in [7, 11) is 1.56. The quantitative estimate of drug-likeness (QED) is 0.445. The lowest BCUT2D eigenvalue weighted by Gasteiger charge is -2.06. The molecule has 3 heterocycles. The highest BCUT2D eigenvalue weighted by molar-refractivity contribution is 5.56. The fraction of sp³-hybridized carbons (Fsp3) is 0.222. The molecule has 150 valence electrons. The second kappa shape index (κ2) is 7.49. The summed E-state index contributed by atoms with van der Waals surface area (Å²) in [6, 6.07) is 9.10. The van der Waals surface area contributed by atoms with E-state index in [1.165, 1.54) is 6.07 Å². The lowest BCUT2D eigenvalue weighted by atomic mass is 10.1. The molecule has 0 amide bonds. The highest BCUT2D eigenvalue weighted by atomic mass is 19.3. The minimum atomic E-state index is -3.01. The molecule has 0 spiro atoms. The molecule has 4 aromatic rings. The molecule has 1 aromatic carbocycles. The molecule has 29 heavy (non-hydrogen) atoms. The summed E-state index contributed by atoms with van der Waals surface area (Å²) in [6.07, 6.45) is -5.67. The molecule has 0 fully saturated rings. The van der Waals surface area contributed by atoms with Crippen LogP contribution in [0.3, 0.4) is 0 Å². The lowest BCUT2D eigenvalue weighted by molar-refractivity contribution is 0.135. The van der Waals surface area contributed by atoms with Crippen LogP contribution in [0.5, 0.6) is 5.75 Å². The van der Waals surface area contributed by atoms with Gasteiger partial charge in [-0.15, -0.1) is 10.2 Å². The van der Waals surface area contributed by atoms with Crippen molar-refractivity contribution in [3.8, 4) is 17.3 Å². The van der Waals surface area contributed by atoms with E-state index in [1.54, 1.807) is 19.2 Å². The fourth-order valence-corrected chi connectivity index (χ4v) is 2.74. The second-order valence-corrected chi connectivity index (χ2v) is 6.03. The third-order valence-electron chi connectivity index (χ3n) is 4.12. The van der Waals surface area contributed by atoms with Crippen LogP contribution in [0.2, 0.25) is 0 Å². The number of benzene rings is 1. The van der Waals surface area contributed by atoms with Crippen molar-refractivity contribution in [1.82, 2.24) is 24.8 Å². The molecule has 0 aliphatic heterocycles. The van der Waals surface area contributed by atoms with E-state index >= 15 is 0 Å². The zero-order valence-corrected chi connectivity index (χ0v) is 14.9. The average molecular weight is 407 g/mol. The molecule has 3 aromatic heterocycles. The van der Waals surface area contributed by atoms with E-state index in [0.29, 0.717) is 18.2 Å². The SMILES string of the molecule is COc1ccc(Cc2nnc(-c3cc4nc(C(F)F)cc(C(F)F)n4n3)o2)cc1. The maximum absolute atomic E-state index is 13.3. The van der Waals surface area contributed by atoms with Crippen LogP contribution in [-0.4, -0.2) is 31.9 Å². The Morgan fingerprint density at radius 1 is 1.03 bits per heavy atom. The molecule has 0 saturated heterocycles. The van der Waals surface area contributed by atoms with Gasteiger partial charge in [-0.2, -0.15) is 5.10 Å². The summed E-state index contributed by atoms with van der Waals surface area (Å²) in [6.45, 7) is 0. The molecule has 0 bridgehead atoms. The number of aromatic nitrogens is 5. The van der Waals surface area contributed by atoms with Crippen LogP contribution >= 0.6 is 0 Å². The number of halogens is 4. The fourth-order valence-electron chi connectivity index (χ4n) is 2.74. The van der Waals surface area contributed by atoms with Crippen LogP contribution in [-0.2, 0) is 6.42 Å². The van der Waals surface area contributed by atoms with Gasteiger partial charge in [-0.25, -0.2) is 27.1 Å². The monoisotopic (exact) mass is 407 g/mol. The normalized spacial score (nSPS) is 11.7. The Morgan fingerprint density at radius 2 is 1.79 bits per heavy atom. The van der Waals surface area contributed by atoms with Gasteiger partial charge in [0.15, 0.2) is 11.3 Å². The molecule has 11 heteroatoms. The lowest BCUT2D eigenvalue weighted by Crippen LogP contribution is -2.04. The number of hydrogen-bond donors (Lipinski definition) is 0. The van der Waals surface area contributed by atoms with E-state index < -0.39 is 24.2 Å². The van der Waals surface area contributed by atoms with Gasteiger partial charge in [0.2, 0.25) is 5.89 Å². The van der Waals surface area contributed by atoms with Crippen molar-refractivity contribution in [3.63, 3.8) is 0 Å². The Balaban J connectivity index is 1.65. The van der Waals surface area contributed by atoms with Gasteiger partial charge < -0.3 is 9.15 Å². The smallest absolute Gasteiger partial charge is 0.280 e. The van der Waals surface area contributed by atoms with Crippen molar-refractivity contribution in [2.24, 2.45) is 0 Å². The first-order valence-electron chi connectivity index (χ1n) is 8.37. The Morgan fingerprint density at radius 3 is 2.45 bits per heavy atom. The van der Waals surface area contributed by atoms with Gasteiger partial charge in [-0.3, -0.25) is 0 Å². The average Bonchev–Trinajstić information content (AvgIpc) is 3.34. The second-order valence-electron chi connectivity index (χ2n) is 6.03. The zero-order valence-electron chi connectivity index (χ0n) is 14.9. The number of rotatable bonds is 6. The first-order chi connectivity index (χ1) is 13.9. The molecular weight excluding hydrogens is 394 g/mol. The molecule has 0 aliphatic rings.